The minimum Gasteiger partial charge on any atom is -0.442 e. The van der Waals surface area contributed by atoms with Crippen molar-refractivity contribution in [3.63, 3.8) is 0 Å². The number of alkyl halides is 3. The molecule has 2 fully saturated rings. The van der Waals surface area contributed by atoms with E-state index in [0.717, 1.165) is 23.8 Å². The summed E-state index contributed by atoms with van der Waals surface area (Å²) in [6.07, 6.45) is -0.823. The zero-order chi connectivity index (χ0) is 23.8. The van der Waals surface area contributed by atoms with Gasteiger partial charge in [-0.1, -0.05) is 29.9 Å². The Morgan fingerprint density at radius 2 is 2.00 bits per heavy atom. The molecule has 1 aromatic rings. The average molecular weight is 500 g/mol. The number of carbonyl (C=O) groups excluding carboxylic acids is 2. The third kappa shape index (κ3) is 5.16. The summed E-state index contributed by atoms with van der Waals surface area (Å²) in [5, 5.41) is 3.06. The Morgan fingerprint density at radius 3 is 2.70 bits per heavy atom. The smallest absolute Gasteiger partial charge is 0.418 e. The predicted molar refractivity (Wildman–Crippen MR) is 123 cm³/mol. The van der Waals surface area contributed by atoms with Gasteiger partial charge in [-0.2, -0.15) is 13.2 Å². The highest BCUT2D eigenvalue weighted by molar-refractivity contribution is 7.81. The zero-order valence-electron chi connectivity index (χ0n) is 17.5. The fourth-order valence-electron chi connectivity index (χ4n) is 4.06. The number of ether oxygens (including phenoxy) is 1. The molecule has 11 heteroatoms. The molecule has 0 radical (unpaired) electrons. The third-order valence-electron chi connectivity index (χ3n) is 5.72. The topological polar surface area (TPSA) is 61.9 Å². The predicted octanol–water partition coefficient (Wildman–Crippen LogP) is 4.57. The summed E-state index contributed by atoms with van der Waals surface area (Å²) in [5.74, 6) is -0.449. The van der Waals surface area contributed by atoms with Crippen LogP contribution in [-0.2, 0) is 15.7 Å². The maximum atomic E-state index is 13.8. The number of nitrogens with one attached hydrogen (secondary N) is 1. The van der Waals surface area contributed by atoms with E-state index < -0.39 is 29.8 Å². The van der Waals surface area contributed by atoms with E-state index in [9.17, 15) is 22.8 Å². The Hall–Kier alpha value is -2.59. The second-order valence-electron chi connectivity index (χ2n) is 7.99. The first-order valence-electron chi connectivity index (χ1n) is 10.5. The van der Waals surface area contributed by atoms with Gasteiger partial charge in [0.15, 0.2) is 0 Å². The minimum absolute atomic E-state index is 0.00360. The first-order valence-corrected chi connectivity index (χ1v) is 11.2. The van der Waals surface area contributed by atoms with E-state index >= 15 is 0 Å². The van der Waals surface area contributed by atoms with Gasteiger partial charge in [0.1, 0.15) is 6.10 Å². The summed E-state index contributed by atoms with van der Waals surface area (Å²) in [5.41, 5.74) is -0.304. The summed E-state index contributed by atoms with van der Waals surface area (Å²) in [6.45, 7) is 1.12. The average Bonchev–Trinajstić information content (AvgIpc) is 3.42. The number of rotatable bonds is 5. The molecule has 1 atom stereocenters. The van der Waals surface area contributed by atoms with E-state index in [-0.39, 0.29) is 30.0 Å². The molecule has 1 aromatic carbocycles. The van der Waals surface area contributed by atoms with Crippen molar-refractivity contribution in [3.8, 4) is 0 Å². The summed E-state index contributed by atoms with van der Waals surface area (Å²) in [6, 6.07) is 3.87. The third-order valence-corrected chi connectivity index (χ3v) is 6.37. The van der Waals surface area contributed by atoms with Crippen LogP contribution in [0.25, 0.3) is 0 Å². The minimum atomic E-state index is -4.56. The molecule has 6 nitrogen and oxygen atoms in total. The van der Waals surface area contributed by atoms with E-state index in [1.807, 2.05) is 0 Å². The van der Waals surface area contributed by atoms with Crippen LogP contribution in [0.2, 0.25) is 0 Å². The van der Waals surface area contributed by atoms with Gasteiger partial charge in [-0.3, -0.25) is 9.69 Å². The van der Waals surface area contributed by atoms with Crippen molar-refractivity contribution in [1.29, 1.82) is 0 Å². The number of anilines is 2. The van der Waals surface area contributed by atoms with Gasteiger partial charge in [-0.15, -0.1) is 0 Å². The van der Waals surface area contributed by atoms with Crippen molar-refractivity contribution in [2.45, 2.75) is 31.5 Å². The number of halogens is 4. The first-order chi connectivity index (χ1) is 15.6. The van der Waals surface area contributed by atoms with Crippen LogP contribution in [0, 0.1) is 0 Å². The molecule has 1 unspecified atom stereocenters. The molecule has 0 saturated carbocycles. The fraction of sp³-hybridized carbons (Fsp3) is 0.409. The Kier molecular flexibility index (Phi) is 6.67. The van der Waals surface area contributed by atoms with E-state index in [0.29, 0.717) is 29.4 Å². The SMILES string of the molecule is O=C(NCC1CN(c2ccc(N3CCCC3)c(C(F)(F)F)c2)C(=O)O1)C1=CC(Cl)=CCC1=S. The summed E-state index contributed by atoms with van der Waals surface area (Å²) >= 11 is 11.1. The number of hydrogen-bond donors (Lipinski definition) is 1. The molecule has 0 aromatic heterocycles. The second-order valence-corrected chi connectivity index (χ2v) is 8.92. The summed E-state index contributed by atoms with van der Waals surface area (Å²) in [4.78, 5) is 28.1. The standard InChI is InChI=1S/C22H21ClF3N3O3S/c23-13-3-6-19(33)16(9-13)20(30)27-11-15-12-29(21(31)32-15)14-4-5-18(28-7-1-2-8-28)17(10-14)22(24,25)26/h3-5,9-10,15H,1-2,6-8,11-12H2,(H,27,30). The van der Waals surface area contributed by atoms with Crippen molar-refractivity contribution < 1.29 is 27.5 Å². The Balaban J connectivity index is 1.45. The fourth-order valence-corrected chi connectivity index (χ4v) is 4.48. The number of allylic oxidation sites excluding steroid dienone is 3. The molecule has 2 saturated heterocycles. The van der Waals surface area contributed by atoms with E-state index in [2.05, 4.69) is 5.32 Å². The normalized spacial score (nSPS) is 21.2. The molecule has 0 bridgehead atoms. The molecule has 2 heterocycles. The van der Waals surface area contributed by atoms with E-state index in [1.54, 1.807) is 11.0 Å². The van der Waals surface area contributed by atoms with E-state index in [4.69, 9.17) is 28.6 Å². The second kappa shape index (κ2) is 9.34. The quantitative estimate of drug-likeness (QED) is 0.601. The van der Waals surface area contributed by atoms with Crippen LogP contribution in [-0.4, -0.2) is 49.1 Å². The molecule has 33 heavy (non-hydrogen) atoms. The van der Waals surface area contributed by atoms with Gasteiger partial charge >= 0.3 is 12.3 Å². The number of cyclic esters (lactones) is 1. The van der Waals surface area contributed by atoms with Crippen LogP contribution >= 0.6 is 23.8 Å². The molecule has 1 N–H and O–H groups in total. The number of carbonyl (C=O) groups is 2. The van der Waals surface area contributed by atoms with Crippen LogP contribution in [0.15, 0.2) is 41.0 Å². The number of nitrogens with zero attached hydrogens (tertiary/aromatic N) is 2. The lowest BCUT2D eigenvalue weighted by Crippen LogP contribution is -2.36. The largest absolute Gasteiger partial charge is 0.442 e. The summed E-state index contributed by atoms with van der Waals surface area (Å²) in [7, 11) is 0. The van der Waals surface area contributed by atoms with Crippen LogP contribution < -0.4 is 15.1 Å². The van der Waals surface area contributed by atoms with Crippen LogP contribution in [0.5, 0.6) is 0 Å². The van der Waals surface area contributed by atoms with Crippen molar-refractivity contribution in [2.24, 2.45) is 0 Å². The lowest BCUT2D eigenvalue weighted by molar-refractivity contribution is -0.137. The van der Waals surface area contributed by atoms with E-state index in [1.165, 1.54) is 18.2 Å². The molecule has 1 aliphatic carbocycles. The molecular weight excluding hydrogens is 479 g/mol. The lowest BCUT2D eigenvalue weighted by atomic mass is 10.0. The molecule has 0 spiro atoms. The highest BCUT2D eigenvalue weighted by atomic mass is 35.5. The molecule has 3 aliphatic rings. The van der Waals surface area contributed by atoms with Crippen LogP contribution in [0.4, 0.5) is 29.3 Å². The zero-order valence-corrected chi connectivity index (χ0v) is 19.0. The highest BCUT2D eigenvalue weighted by Gasteiger charge is 2.38. The first kappa shape index (κ1) is 23.6. The summed E-state index contributed by atoms with van der Waals surface area (Å²) < 4.78 is 46.5. The van der Waals surface area contributed by atoms with Gasteiger partial charge in [0, 0.05) is 40.8 Å². The van der Waals surface area contributed by atoms with Gasteiger partial charge < -0.3 is 15.0 Å². The number of benzene rings is 1. The Labute approximate surface area is 199 Å². The Bertz CT molecular complexity index is 1050. The maximum absolute atomic E-state index is 13.8. The molecule has 176 valence electrons. The van der Waals surface area contributed by atoms with Gasteiger partial charge in [0.25, 0.3) is 5.91 Å². The van der Waals surface area contributed by atoms with Crippen LogP contribution in [0.3, 0.4) is 0 Å². The van der Waals surface area contributed by atoms with Crippen molar-refractivity contribution in [2.75, 3.05) is 36.0 Å². The monoisotopic (exact) mass is 499 g/mol. The number of thiocarbonyl (C=S) groups is 1. The van der Waals surface area contributed by atoms with Gasteiger partial charge in [0.05, 0.1) is 24.2 Å². The van der Waals surface area contributed by atoms with Crippen molar-refractivity contribution in [1.82, 2.24) is 5.32 Å². The Morgan fingerprint density at radius 1 is 1.27 bits per heavy atom. The van der Waals surface area contributed by atoms with Crippen molar-refractivity contribution >= 4 is 52.1 Å². The number of amides is 2. The highest BCUT2D eigenvalue weighted by Crippen LogP contribution is 2.40. The van der Waals surface area contributed by atoms with Gasteiger partial charge in [0.2, 0.25) is 0 Å². The molecule has 2 amide bonds. The maximum Gasteiger partial charge on any atom is 0.418 e. The lowest BCUT2D eigenvalue weighted by Gasteiger charge is -2.24. The van der Waals surface area contributed by atoms with Crippen LogP contribution in [0.1, 0.15) is 24.8 Å². The molecule has 4 rings (SSSR count). The molecular formula is C22H21ClF3N3O3S. The van der Waals surface area contributed by atoms with Crippen molar-refractivity contribution in [3.05, 3.63) is 46.5 Å². The molecule has 2 aliphatic heterocycles. The van der Waals surface area contributed by atoms with Gasteiger partial charge in [-0.05, 0) is 37.1 Å². The number of hydrogen-bond acceptors (Lipinski definition) is 5. The van der Waals surface area contributed by atoms with Gasteiger partial charge in [-0.25, -0.2) is 4.79 Å².